The monoisotopic (exact) mass is 261 g/mol. The highest BCUT2D eigenvalue weighted by molar-refractivity contribution is 7.88. The van der Waals surface area contributed by atoms with E-state index in [9.17, 15) is 17.2 Å². The van der Waals surface area contributed by atoms with Gasteiger partial charge in [-0.3, -0.25) is 0 Å². The van der Waals surface area contributed by atoms with E-state index in [-0.39, 0.29) is 0 Å². The lowest BCUT2D eigenvalue weighted by atomic mass is 10.2. The molecule has 17 heavy (non-hydrogen) atoms. The van der Waals surface area contributed by atoms with E-state index < -0.39 is 39.0 Å². The molecule has 0 heterocycles. The van der Waals surface area contributed by atoms with Crippen LogP contribution in [0.25, 0.3) is 0 Å². The Bertz CT molecular complexity index is 494. The van der Waals surface area contributed by atoms with Crippen LogP contribution in [0, 0.1) is 11.6 Å². The summed E-state index contributed by atoms with van der Waals surface area (Å²) in [7, 11) is -3.79. The van der Waals surface area contributed by atoms with Gasteiger partial charge < -0.3 is 0 Å². The lowest BCUT2D eigenvalue weighted by molar-refractivity contribution is 0.549. The molecule has 1 aromatic carbocycles. The third-order valence-electron chi connectivity index (χ3n) is 2.12. The van der Waals surface area contributed by atoms with E-state index in [1.165, 1.54) is 12.1 Å². The molecule has 0 aliphatic carbocycles. The molecule has 1 N–H and O–H groups in total. The van der Waals surface area contributed by atoms with Crippen molar-refractivity contribution in [3.63, 3.8) is 0 Å². The first-order valence-electron chi connectivity index (χ1n) is 4.91. The number of halogens is 2. The predicted octanol–water partition coefficient (Wildman–Crippen LogP) is 1.96. The smallest absolute Gasteiger partial charge is 0.212 e. The van der Waals surface area contributed by atoms with Crippen molar-refractivity contribution < 1.29 is 17.2 Å². The van der Waals surface area contributed by atoms with Crippen molar-refractivity contribution in [2.24, 2.45) is 0 Å². The molecule has 0 aliphatic heterocycles. The van der Waals surface area contributed by atoms with Crippen LogP contribution in [0.2, 0.25) is 0 Å². The van der Waals surface area contributed by atoms with Crippen molar-refractivity contribution in [2.75, 3.05) is 0 Å². The van der Waals surface area contributed by atoms with Crippen LogP contribution in [0.15, 0.2) is 30.9 Å². The zero-order valence-corrected chi connectivity index (χ0v) is 10.1. The molecule has 0 spiro atoms. The average molecular weight is 261 g/mol. The van der Waals surface area contributed by atoms with E-state index in [0.29, 0.717) is 0 Å². The molecule has 0 bridgehead atoms. The Kier molecular flexibility index (Phi) is 4.36. The van der Waals surface area contributed by atoms with Crippen molar-refractivity contribution in [2.45, 2.75) is 18.7 Å². The molecule has 0 amide bonds. The van der Waals surface area contributed by atoms with E-state index >= 15 is 0 Å². The number of hydrogen-bond acceptors (Lipinski definition) is 2. The van der Waals surface area contributed by atoms with Gasteiger partial charge in [0.2, 0.25) is 10.0 Å². The normalized spacial score (nSPS) is 13.4. The van der Waals surface area contributed by atoms with Crippen LogP contribution in [0.1, 0.15) is 12.5 Å². The van der Waals surface area contributed by atoms with Crippen molar-refractivity contribution in [3.8, 4) is 0 Å². The second kappa shape index (κ2) is 5.37. The number of hydrogen-bond donors (Lipinski definition) is 1. The molecule has 0 fully saturated rings. The third-order valence-corrected chi connectivity index (χ3v) is 3.51. The quantitative estimate of drug-likeness (QED) is 0.824. The number of rotatable bonds is 5. The molecule has 6 heteroatoms. The molecule has 1 aromatic rings. The molecule has 3 nitrogen and oxygen atoms in total. The topological polar surface area (TPSA) is 46.2 Å². The fraction of sp³-hybridized carbons (Fsp3) is 0.273. The molecule has 1 rings (SSSR count). The van der Waals surface area contributed by atoms with Gasteiger partial charge in [-0.2, -0.15) is 0 Å². The number of sulfonamides is 1. The van der Waals surface area contributed by atoms with Crippen LogP contribution in [-0.2, 0) is 15.8 Å². The minimum atomic E-state index is -3.79. The van der Waals surface area contributed by atoms with E-state index in [1.807, 2.05) is 0 Å². The SMILES string of the molecule is C=C[C@@H](C)NS(=O)(=O)Cc1c(F)cccc1F. The molecular weight excluding hydrogens is 248 g/mol. The van der Waals surface area contributed by atoms with Crippen LogP contribution >= 0.6 is 0 Å². The zero-order chi connectivity index (χ0) is 13.1. The Morgan fingerprint density at radius 3 is 2.41 bits per heavy atom. The Balaban J connectivity index is 2.94. The maximum atomic E-state index is 13.2. The molecule has 0 saturated heterocycles. The summed E-state index contributed by atoms with van der Waals surface area (Å²) < 4.78 is 51.9. The molecule has 0 aliphatic rings. The van der Waals surface area contributed by atoms with Crippen LogP contribution in [0.5, 0.6) is 0 Å². The lowest BCUT2D eigenvalue weighted by Crippen LogP contribution is -2.32. The molecule has 1 atom stereocenters. The van der Waals surface area contributed by atoms with Gasteiger partial charge in [0.15, 0.2) is 0 Å². The van der Waals surface area contributed by atoms with Crippen molar-refractivity contribution in [1.29, 1.82) is 0 Å². The zero-order valence-electron chi connectivity index (χ0n) is 9.28. The van der Waals surface area contributed by atoms with Gasteiger partial charge in [-0.05, 0) is 19.1 Å². The molecule has 94 valence electrons. The summed E-state index contributed by atoms with van der Waals surface area (Å²) >= 11 is 0. The maximum Gasteiger partial charge on any atom is 0.216 e. The first-order valence-corrected chi connectivity index (χ1v) is 6.56. The summed E-state index contributed by atoms with van der Waals surface area (Å²) in [5.41, 5.74) is -0.462. The molecule has 0 radical (unpaired) electrons. The van der Waals surface area contributed by atoms with Gasteiger partial charge in [-0.25, -0.2) is 21.9 Å². The van der Waals surface area contributed by atoms with Crippen LogP contribution in [0.3, 0.4) is 0 Å². The second-order valence-electron chi connectivity index (χ2n) is 3.60. The standard InChI is InChI=1S/C11H13F2NO2S/c1-3-8(2)14-17(15,16)7-9-10(12)5-4-6-11(9)13/h3-6,8,14H,1,7H2,2H3/t8-/m1/s1. The van der Waals surface area contributed by atoms with E-state index in [2.05, 4.69) is 11.3 Å². The number of nitrogens with one attached hydrogen (secondary N) is 1. The van der Waals surface area contributed by atoms with Gasteiger partial charge >= 0.3 is 0 Å². The fourth-order valence-corrected chi connectivity index (χ4v) is 2.64. The van der Waals surface area contributed by atoms with Gasteiger partial charge in [-0.15, -0.1) is 6.58 Å². The summed E-state index contributed by atoms with van der Waals surface area (Å²) in [4.78, 5) is 0. The summed E-state index contributed by atoms with van der Waals surface area (Å²) in [5, 5.41) is 0. The minimum Gasteiger partial charge on any atom is -0.212 e. The van der Waals surface area contributed by atoms with Gasteiger partial charge in [0.05, 0.1) is 5.75 Å². The maximum absolute atomic E-state index is 13.2. The van der Waals surface area contributed by atoms with Crippen molar-refractivity contribution >= 4 is 10.0 Å². The van der Waals surface area contributed by atoms with Gasteiger partial charge in [0, 0.05) is 11.6 Å². The molecule has 0 aromatic heterocycles. The van der Waals surface area contributed by atoms with Crippen LogP contribution in [0.4, 0.5) is 8.78 Å². The van der Waals surface area contributed by atoms with E-state index in [1.54, 1.807) is 6.92 Å². The first-order chi connectivity index (χ1) is 7.85. The van der Waals surface area contributed by atoms with Gasteiger partial charge in [-0.1, -0.05) is 12.1 Å². The highest BCUT2D eigenvalue weighted by atomic mass is 32.2. The van der Waals surface area contributed by atoms with Gasteiger partial charge in [0.25, 0.3) is 0 Å². The second-order valence-corrected chi connectivity index (χ2v) is 5.36. The van der Waals surface area contributed by atoms with Crippen LogP contribution < -0.4 is 4.72 Å². The first kappa shape index (κ1) is 13.8. The Morgan fingerprint density at radius 2 is 1.94 bits per heavy atom. The minimum absolute atomic E-state index is 0.462. The van der Waals surface area contributed by atoms with Crippen LogP contribution in [-0.4, -0.2) is 14.5 Å². The third kappa shape index (κ3) is 3.90. The lowest BCUT2D eigenvalue weighted by Gasteiger charge is -2.11. The largest absolute Gasteiger partial charge is 0.216 e. The number of benzene rings is 1. The van der Waals surface area contributed by atoms with E-state index in [4.69, 9.17) is 0 Å². The van der Waals surface area contributed by atoms with Crippen molar-refractivity contribution in [1.82, 2.24) is 4.72 Å². The highest BCUT2D eigenvalue weighted by Crippen LogP contribution is 2.15. The van der Waals surface area contributed by atoms with Gasteiger partial charge in [0.1, 0.15) is 11.6 Å². The predicted molar refractivity (Wildman–Crippen MR) is 61.8 cm³/mol. The Hall–Kier alpha value is -1.27. The molecule has 0 saturated carbocycles. The van der Waals surface area contributed by atoms with Crippen molar-refractivity contribution in [3.05, 3.63) is 48.1 Å². The van der Waals surface area contributed by atoms with E-state index in [0.717, 1.165) is 12.1 Å². The highest BCUT2D eigenvalue weighted by Gasteiger charge is 2.19. The summed E-state index contributed by atoms with van der Waals surface area (Å²) in [5.74, 6) is -2.48. The Morgan fingerprint density at radius 1 is 1.41 bits per heavy atom. The summed E-state index contributed by atoms with van der Waals surface area (Å²) in [6.45, 7) is 4.98. The average Bonchev–Trinajstić information content (AvgIpc) is 2.23. The summed E-state index contributed by atoms with van der Waals surface area (Å²) in [6, 6.07) is 2.73. The summed E-state index contributed by atoms with van der Waals surface area (Å²) in [6.07, 6.45) is 1.38. The fourth-order valence-electron chi connectivity index (χ4n) is 1.23. The molecular formula is C11H13F2NO2S. The molecule has 0 unspecified atom stereocenters. The Labute approximate surface area is 99.2 Å².